The van der Waals surface area contributed by atoms with Crippen LogP contribution in [-0.2, 0) is 0 Å². The summed E-state index contributed by atoms with van der Waals surface area (Å²) in [5, 5.41) is 13.9. The summed E-state index contributed by atoms with van der Waals surface area (Å²) in [7, 11) is 5.67. The van der Waals surface area contributed by atoms with E-state index in [-0.39, 0.29) is 34.1 Å². The number of methoxy groups -OCH3 is 4. The van der Waals surface area contributed by atoms with Crippen LogP contribution in [0.15, 0.2) is 30.3 Å². The maximum absolute atomic E-state index is 12.6. The van der Waals surface area contributed by atoms with Crippen molar-refractivity contribution in [3.8, 4) is 23.0 Å². The number of ether oxygens (including phenoxy) is 4. The Hall–Kier alpha value is -3.42. The standard InChI is InChI=1S/C18H19NO7/c1-23-10-5-6-11(14(7-10)24-2)17(20)19-13-9-16(26-4)15(25-3)8-12(13)18(21)22/h5-9H,1-4H3,(H,19,20)(H,21,22)/p-1. The van der Waals surface area contributed by atoms with Gasteiger partial charge in [-0.25, -0.2) is 0 Å². The number of carbonyl (C=O) groups is 2. The van der Waals surface area contributed by atoms with Crippen molar-refractivity contribution in [2.45, 2.75) is 0 Å². The Kier molecular flexibility index (Phi) is 5.90. The number of carboxylic acid groups (broad SMARTS) is 1. The van der Waals surface area contributed by atoms with E-state index in [0.29, 0.717) is 5.75 Å². The number of hydrogen-bond acceptors (Lipinski definition) is 7. The number of nitrogens with one attached hydrogen (secondary N) is 1. The van der Waals surface area contributed by atoms with Gasteiger partial charge in [0.1, 0.15) is 11.5 Å². The molecule has 0 aliphatic carbocycles. The van der Waals surface area contributed by atoms with Gasteiger partial charge < -0.3 is 34.2 Å². The van der Waals surface area contributed by atoms with Crippen LogP contribution in [-0.4, -0.2) is 40.3 Å². The van der Waals surface area contributed by atoms with E-state index in [1.165, 1.54) is 46.6 Å². The zero-order valence-electron chi connectivity index (χ0n) is 14.7. The maximum Gasteiger partial charge on any atom is 0.259 e. The molecular weight excluding hydrogens is 342 g/mol. The van der Waals surface area contributed by atoms with Crippen LogP contribution in [0.5, 0.6) is 23.0 Å². The van der Waals surface area contributed by atoms with Crippen molar-refractivity contribution in [2.75, 3.05) is 33.8 Å². The molecule has 26 heavy (non-hydrogen) atoms. The smallest absolute Gasteiger partial charge is 0.259 e. The Morgan fingerprint density at radius 1 is 0.808 bits per heavy atom. The lowest BCUT2D eigenvalue weighted by molar-refractivity contribution is -0.254. The molecule has 8 nitrogen and oxygen atoms in total. The third-order valence-corrected chi connectivity index (χ3v) is 3.65. The summed E-state index contributed by atoms with van der Waals surface area (Å²) in [6.45, 7) is 0. The molecule has 1 amide bonds. The van der Waals surface area contributed by atoms with E-state index in [0.717, 1.165) is 0 Å². The predicted molar refractivity (Wildman–Crippen MR) is 91.4 cm³/mol. The molecule has 0 fully saturated rings. The van der Waals surface area contributed by atoms with Gasteiger partial charge in [0.2, 0.25) is 0 Å². The van der Waals surface area contributed by atoms with Gasteiger partial charge in [0.15, 0.2) is 11.5 Å². The first-order valence-electron chi connectivity index (χ1n) is 7.45. The van der Waals surface area contributed by atoms with Crippen LogP contribution >= 0.6 is 0 Å². The number of carbonyl (C=O) groups excluding carboxylic acids is 2. The Bertz CT molecular complexity index is 833. The Morgan fingerprint density at radius 2 is 1.42 bits per heavy atom. The number of benzene rings is 2. The summed E-state index contributed by atoms with van der Waals surface area (Å²) < 4.78 is 20.5. The Morgan fingerprint density at radius 3 is 1.96 bits per heavy atom. The van der Waals surface area contributed by atoms with Gasteiger partial charge in [0, 0.05) is 17.7 Å². The monoisotopic (exact) mass is 360 g/mol. The van der Waals surface area contributed by atoms with Crippen LogP contribution in [0, 0.1) is 0 Å². The zero-order valence-corrected chi connectivity index (χ0v) is 14.7. The topological polar surface area (TPSA) is 106 Å². The van der Waals surface area contributed by atoms with E-state index in [4.69, 9.17) is 18.9 Å². The number of hydrogen-bond donors (Lipinski definition) is 1. The lowest BCUT2D eigenvalue weighted by Crippen LogP contribution is -2.25. The molecule has 0 aliphatic heterocycles. The molecule has 2 aromatic carbocycles. The van der Waals surface area contributed by atoms with E-state index in [2.05, 4.69) is 5.32 Å². The number of amides is 1. The zero-order chi connectivity index (χ0) is 19.3. The van der Waals surface area contributed by atoms with Gasteiger partial charge in [0.05, 0.1) is 45.7 Å². The number of carboxylic acids is 1. The van der Waals surface area contributed by atoms with Gasteiger partial charge >= 0.3 is 0 Å². The van der Waals surface area contributed by atoms with Gasteiger partial charge in [-0.15, -0.1) is 0 Å². The highest BCUT2D eigenvalue weighted by molar-refractivity contribution is 6.09. The minimum atomic E-state index is -1.47. The summed E-state index contributed by atoms with van der Waals surface area (Å²) in [4.78, 5) is 24.0. The first kappa shape index (κ1) is 18.9. The third kappa shape index (κ3) is 3.80. The molecule has 8 heteroatoms. The van der Waals surface area contributed by atoms with Crippen molar-refractivity contribution in [1.82, 2.24) is 0 Å². The molecule has 0 heterocycles. The molecule has 0 radical (unpaired) electrons. The van der Waals surface area contributed by atoms with Gasteiger partial charge in [-0.2, -0.15) is 0 Å². The van der Waals surface area contributed by atoms with Gasteiger partial charge in [-0.1, -0.05) is 0 Å². The van der Waals surface area contributed by atoms with Crippen molar-refractivity contribution in [2.24, 2.45) is 0 Å². The minimum Gasteiger partial charge on any atom is -0.545 e. The van der Waals surface area contributed by atoms with Crippen LogP contribution in [0.2, 0.25) is 0 Å². The largest absolute Gasteiger partial charge is 0.545 e. The molecule has 0 spiro atoms. The fraction of sp³-hybridized carbons (Fsp3) is 0.222. The van der Waals surface area contributed by atoms with E-state index in [9.17, 15) is 14.7 Å². The molecule has 2 rings (SSSR count). The average Bonchev–Trinajstić information content (AvgIpc) is 2.66. The second-order valence-electron chi connectivity index (χ2n) is 5.06. The summed E-state index contributed by atoms with van der Waals surface area (Å²) in [6.07, 6.45) is 0. The van der Waals surface area contributed by atoms with Crippen LogP contribution in [0.25, 0.3) is 0 Å². The lowest BCUT2D eigenvalue weighted by atomic mass is 10.1. The van der Waals surface area contributed by atoms with Crippen molar-refractivity contribution in [3.63, 3.8) is 0 Å². The van der Waals surface area contributed by atoms with Gasteiger partial charge in [-0.05, 0) is 18.2 Å². The molecule has 0 aromatic heterocycles. The normalized spacial score (nSPS) is 10.0. The molecule has 0 saturated heterocycles. The first-order chi connectivity index (χ1) is 12.4. The lowest BCUT2D eigenvalue weighted by Gasteiger charge is -2.17. The Balaban J connectivity index is 2.44. The highest BCUT2D eigenvalue weighted by atomic mass is 16.5. The SMILES string of the molecule is COc1ccc(C(=O)Nc2cc(OC)c(OC)cc2C(=O)[O-])c(OC)c1. The summed E-state index contributed by atoms with van der Waals surface area (Å²) in [6, 6.07) is 7.20. The number of anilines is 1. The summed E-state index contributed by atoms with van der Waals surface area (Å²) in [5.41, 5.74) is -0.0404. The van der Waals surface area contributed by atoms with Crippen molar-refractivity contribution >= 4 is 17.6 Å². The van der Waals surface area contributed by atoms with Crippen LogP contribution < -0.4 is 29.4 Å². The third-order valence-electron chi connectivity index (χ3n) is 3.65. The van der Waals surface area contributed by atoms with E-state index >= 15 is 0 Å². The summed E-state index contributed by atoms with van der Waals surface area (Å²) in [5.74, 6) is -0.791. The number of aromatic carboxylic acids is 1. The van der Waals surface area contributed by atoms with Crippen molar-refractivity contribution in [3.05, 3.63) is 41.5 Å². The van der Waals surface area contributed by atoms with Crippen LogP contribution in [0.1, 0.15) is 20.7 Å². The average molecular weight is 360 g/mol. The molecular formula is C18H18NO7-. The highest BCUT2D eigenvalue weighted by Crippen LogP contribution is 2.34. The molecule has 138 valence electrons. The Labute approximate surface area is 150 Å². The van der Waals surface area contributed by atoms with E-state index < -0.39 is 11.9 Å². The van der Waals surface area contributed by atoms with Gasteiger partial charge in [0.25, 0.3) is 5.91 Å². The fourth-order valence-corrected chi connectivity index (χ4v) is 2.33. The predicted octanol–water partition coefficient (Wildman–Crippen LogP) is 1.34. The highest BCUT2D eigenvalue weighted by Gasteiger charge is 2.18. The second kappa shape index (κ2) is 8.11. The number of rotatable bonds is 7. The van der Waals surface area contributed by atoms with Gasteiger partial charge in [-0.3, -0.25) is 4.79 Å². The van der Waals surface area contributed by atoms with E-state index in [1.54, 1.807) is 12.1 Å². The molecule has 2 aromatic rings. The van der Waals surface area contributed by atoms with Crippen LogP contribution in [0.4, 0.5) is 5.69 Å². The maximum atomic E-state index is 12.6. The van der Waals surface area contributed by atoms with Crippen molar-refractivity contribution in [1.29, 1.82) is 0 Å². The minimum absolute atomic E-state index is 0.00511. The molecule has 0 unspecified atom stereocenters. The molecule has 0 atom stereocenters. The molecule has 0 aliphatic rings. The first-order valence-corrected chi connectivity index (χ1v) is 7.45. The second-order valence-corrected chi connectivity index (χ2v) is 5.06. The fourth-order valence-electron chi connectivity index (χ4n) is 2.33. The molecule has 0 bridgehead atoms. The van der Waals surface area contributed by atoms with E-state index in [1.807, 2.05) is 0 Å². The molecule has 1 N–H and O–H groups in total. The van der Waals surface area contributed by atoms with Crippen LogP contribution in [0.3, 0.4) is 0 Å². The molecule has 0 saturated carbocycles. The van der Waals surface area contributed by atoms with Crippen molar-refractivity contribution < 1.29 is 33.6 Å². The quantitative estimate of drug-likeness (QED) is 0.794. The summed E-state index contributed by atoms with van der Waals surface area (Å²) >= 11 is 0.